The first kappa shape index (κ1) is 22.0. The molecule has 0 saturated heterocycles. The second kappa shape index (κ2) is 8.54. The summed E-state index contributed by atoms with van der Waals surface area (Å²) in [5.41, 5.74) is 3.32. The first-order valence-corrected chi connectivity index (χ1v) is 11.0. The van der Waals surface area contributed by atoms with Crippen LogP contribution in [0.4, 0.5) is 4.39 Å². The molecule has 2 heterocycles. The number of aromatic nitrogens is 1. The maximum Gasteiger partial charge on any atom is 0.232 e. The summed E-state index contributed by atoms with van der Waals surface area (Å²) in [6, 6.07) is 13.7. The Bertz CT molecular complexity index is 1470. The number of halogens is 2. The molecule has 0 bridgehead atoms. The number of aryl methyl sites for hydroxylation is 2. The highest BCUT2D eigenvalue weighted by atomic mass is 35.5. The molecule has 4 aromatic rings. The lowest BCUT2D eigenvalue weighted by Crippen LogP contribution is -2.01. The molecule has 1 aliphatic rings. The van der Waals surface area contributed by atoms with Crippen LogP contribution in [0.15, 0.2) is 60.5 Å². The summed E-state index contributed by atoms with van der Waals surface area (Å²) in [6.45, 7) is 1.77. The summed E-state index contributed by atoms with van der Waals surface area (Å²) in [5, 5.41) is 1.24. The van der Waals surface area contributed by atoms with Gasteiger partial charge in [-0.05, 0) is 55.0 Å². The van der Waals surface area contributed by atoms with Crippen LogP contribution in [0.1, 0.15) is 27.0 Å². The number of carbonyl (C=O) groups is 1. The molecule has 0 fully saturated rings. The molecule has 34 heavy (non-hydrogen) atoms. The van der Waals surface area contributed by atoms with E-state index in [0.717, 1.165) is 22.2 Å². The fraction of sp³-hybridized carbons (Fsp3) is 0.148. The number of nitrogens with zero attached hydrogens (tertiary/aromatic N) is 1. The van der Waals surface area contributed by atoms with E-state index in [-0.39, 0.29) is 23.7 Å². The lowest BCUT2D eigenvalue weighted by molar-refractivity contribution is 0.101. The van der Waals surface area contributed by atoms with Gasteiger partial charge in [0.2, 0.25) is 5.78 Å². The van der Waals surface area contributed by atoms with E-state index in [9.17, 15) is 9.18 Å². The van der Waals surface area contributed by atoms with E-state index in [0.29, 0.717) is 27.6 Å². The van der Waals surface area contributed by atoms with Crippen molar-refractivity contribution in [3.63, 3.8) is 0 Å². The van der Waals surface area contributed by atoms with Gasteiger partial charge in [-0.2, -0.15) is 0 Å². The van der Waals surface area contributed by atoms with Gasteiger partial charge in [0.15, 0.2) is 5.76 Å². The molecule has 0 saturated carbocycles. The number of rotatable bonds is 5. The van der Waals surface area contributed by atoms with E-state index >= 15 is 0 Å². The second-order valence-corrected chi connectivity index (χ2v) is 8.53. The monoisotopic (exact) mass is 477 g/mol. The standard InChI is InChI=1S/C27H21ClFNO4/c1-15-9-18(33-14-20-21(28)5-4-6-22(20)29)12-24-26(15)27(31)25(34-24)10-16-13-30(2)23-8-7-17(32-3)11-19(16)23/h4-13H,14H2,1-3H3/b25-10-. The van der Waals surface area contributed by atoms with Gasteiger partial charge in [-0.3, -0.25) is 4.79 Å². The number of fused-ring (bicyclic) bond motifs is 2. The molecule has 0 amide bonds. The number of methoxy groups -OCH3 is 1. The molecule has 0 spiro atoms. The van der Waals surface area contributed by atoms with E-state index in [1.807, 2.05) is 42.9 Å². The Balaban J connectivity index is 1.45. The SMILES string of the molecule is COc1ccc2c(c1)c(/C=C1\Oc3cc(OCc4c(F)cccc4Cl)cc(C)c3C1=O)cn2C. The highest BCUT2D eigenvalue weighted by Crippen LogP contribution is 2.38. The average Bonchev–Trinajstić information content (AvgIpc) is 3.29. The van der Waals surface area contributed by atoms with Crippen LogP contribution in [-0.2, 0) is 13.7 Å². The lowest BCUT2D eigenvalue weighted by atomic mass is 10.0. The average molecular weight is 478 g/mol. The zero-order chi connectivity index (χ0) is 24.0. The second-order valence-electron chi connectivity index (χ2n) is 8.12. The van der Waals surface area contributed by atoms with Crippen molar-refractivity contribution in [2.45, 2.75) is 13.5 Å². The highest BCUT2D eigenvalue weighted by Gasteiger charge is 2.30. The van der Waals surface area contributed by atoms with Gasteiger partial charge < -0.3 is 18.8 Å². The van der Waals surface area contributed by atoms with Crippen molar-refractivity contribution < 1.29 is 23.4 Å². The number of carbonyl (C=O) groups excluding carboxylic acids is 1. The van der Waals surface area contributed by atoms with Crippen molar-refractivity contribution >= 4 is 34.4 Å². The van der Waals surface area contributed by atoms with Crippen LogP contribution in [0.5, 0.6) is 17.2 Å². The number of ketones is 1. The largest absolute Gasteiger partial charge is 0.497 e. The Morgan fingerprint density at radius 2 is 1.97 bits per heavy atom. The van der Waals surface area contributed by atoms with Gasteiger partial charge in [-0.1, -0.05) is 17.7 Å². The van der Waals surface area contributed by atoms with Crippen LogP contribution < -0.4 is 14.2 Å². The first-order valence-electron chi connectivity index (χ1n) is 10.6. The summed E-state index contributed by atoms with van der Waals surface area (Å²) in [7, 11) is 3.56. The molecule has 1 aromatic heterocycles. The van der Waals surface area contributed by atoms with Crippen LogP contribution in [0.2, 0.25) is 5.02 Å². The van der Waals surface area contributed by atoms with Gasteiger partial charge in [-0.25, -0.2) is 4.39 Å². The number of ether oxygens (including phenoxy) is 3. The maximum absolute atomic E-state index is 14.1. The minimum Gasteiger partial charge on any atom is -0.497 e. The topological polar surface area (TPSA) is 49.7 Å². The Morgan fingerprint density at radius 3 is 2.74 bits per heavy atom. The van der Waals surface area contributed by atoms with E-state index in [1.165, 1.54) is 6.07 Å². The predicted molar refractivity (Wildman–Crippen MR) is 129 cm³/mol. The van der Waals surface area contributed by atoms with E-state index < -0.39 is 5.82 Å². The Hall–Kier alpha value is -3.77. The summed E-state index contributed by atoms with van der Waals surface area (Å²) in [6.07, 6.45) is 3.68. The third kappa shape index (κ3) is 3.80. The zero-order valence-electron chi connectivity index (χ0n) is 18.8. The van der Waals surface area contributed by atoms with Crippen LogP contribution in [0.3, 0.4) is 0 Å². The number of benzene rings is 3. The van der Waals surface area contributed by atoms with Crippen molar-refractivity contribution in [2.75, 3.05) is 7.11 Å². The molecule has 3 aromatic carbocycles. The van der Waals surface area contributed by atoms with Gasteiger partial charge in [0, 0.05) is 41.3 Å². The molecule has 0 atom stereocenters. The molecule has 5 nitrogen and oxygen atoms in total. The number of Topliss-reactive ketones (excluding diaryl/α,β-unsaturated/α-hetero) is 1. The first-order chi connectivity index (χ1) is 16.4. The van der Waals surface area contributed by atoms with Crippen molar-refractivity contribution in [3.05, 3.63) is 93.6 Å². The van der Waals surface area contributed by atoms with Crippen LogP contribution in [0.25, 0.3) is 17.0 Å². The Labute approximate surface area is 200 Å². The van der Waals surface area contributed by atoms with E-state index in [4.69, 9.17) is 25.8 Å². The van der Waals surface area contributed by atoms with E-state index in [1.54, 1.807) is 37.5 Å². The molecule has 172 valence electrons. The Morgan fingerprint density at radius 1 is 1.15 bits per heavy atom. The highest BCUT2D eigenvalue weighted by molar-refractivity contribution is 6.31. The molecular formula is C27H21ClFNO4. The fourth-order valence-corrected chi connectivity index (χ4v) is 4.39. The quantitative estimate of drug-likeness (QED) is 0.308. The van der Waals surface area contributed by atoms with Crippen molar-refractivity contribution in [1.82, 2.24) is 4.57 Å². The van der Waals surface area contributed by atoms with Crippen molar-refractivity contribution in [1.29, 1.82) is 0 Å². The van der Waals surface area contributed by atoms with Crippen LogP contribution in [0, 0.1) is 12.7 Å². The summed E-state index contributed by atoms with van der Waals surface area (Å²) < 4.78 is 33.1. The fourth-order valence-electron chi connectivity index (χ4n) is 4.17. The molecule has 0 N–H and O–H groups in total. The minimum absolute atomic E-state index is 0.0434. The van der Waals surface area contributed by atoms with Gasteiger partial charge in [-0.15, -0.1) is 0 Å². The minimum atomic E-state index is -0.436. The van der Waals surface area contributed by atoms with Gasteiger partial charge in [0.1, 0.15) is 29.7 Å². The normalized spacial score (nSPS) is 13.9. The predicted octanol–water partition coefficient (Wildman–Crippen LogP) is 6.48. The molecule has 7 heteroatoms. The maximum atomic E-state index is 14.1. The third-order valence-electron chi connectivity index (χ3n) is 5.90. The number of hydrogen-bond donors (Lipinski definition) is 0. The smallest absolute Gasteiger partial charge is 0.232 e. The Kier molecular flexibility index (Phi) is 5.54. The van der Waals surface area contributed by atoms with Crippen LogP contribution >= 0.6 is 11.6 Å². The van der Waals surface area contributed by atoms with Crippen molar-refractivity contribution in [2.24, 2.45) is 7.05 Å². The van der Waals surface area contributed by atoms with Gasteiger partial charge in [0.25, 0.3) is 0 Å². The summed E-state index contributed by atoms with van der Waals surface area (Å²) >= 11 is 6.09. The molecule has 0 unspecified atom stereocenters. The lowest BCUT2D eigenvalue weighted by Gasteiger charge is -2.11. The third-order valence-corrected chi connectivity index (χ3v) is 6.26. The van der Waals surface area contributed by atoms with E-state index in [2.05, 4.69) is 0 Å². The molecule has 1 aliphatic heterocycles. The van der Waals surface area contributed by atoms with Gasteiger partial charge in [0.05, 0.1) is 17.7 Å². The zero-order valence-corrected chi connectivity index (χ0v) is 19.6. The number of allylic oxidation sites excluding steroid dienone is 1. The molecular weight excluding hydrogens is 457 g/mol. The molecule has 5 rings (SSSR count). The summed E-state index contributed by atoms with van der Waals surface area (Å²) in [4.78, 5) is 13.1. The summed E-state index contributed by atoms with van der Waals surface area (Å²) in [5.74, 6) is 1.18. The molecule has 0 aliphatic carbocycles. The number of hydrogen-bond acceptors (Lipinski definition) is 4. The van der Waals surface area contributed by atoms with Gasteiger partial charge >= 0.3 is 0 Å². The van der Waals surface area contributed by atoms with Crippen molar-refractivity contribution in [3.8, 4) is 17.2 Å². The molecule has 0 radical (unpaired) electrons. The van der Waals surface area contributed by atoms with Crippen LogP contribution in [-0.4, -0.2) is 17.5 Å².